The maximum absolute atomic E-state index is 14.3. The number of nitrogens with one attached hydrogen (secondary N) is 1. The van der Waals surface area contributed by atoms with Gasteiger partial charge in [0.1, 0.15) is 18.0 Å². The van der Waals surface area contributed by atoms with Crippen molar-refractivity contribution in [1.29, 1.82) is 0 Å². The molecule has 4 aromatic rings. The zero-order valence-corrected chi connectivity index (χ0v) is 21.4. The van der Waals surface area contributed by atoms with E-state index in [4.69, 9.17) is 9.84 Å². The van der Waals surface area contributed by atoms with Gasteiger partial charge in [0, 0.05) is 62.3 Å². The Morgan fingerprint density at radius 2 is 1.90 bits per heavy atom. The van der Waals surface area contributed by atoms with E-state index >= 15 is 0 Å². The topological polar surface area (TPSA) is 147 Å². The minimum Gasteiger partial charge on any atom is -0.487 e. The zero-order valence-electron chi connectivity index (χ0n) is 21.4. The number of fused-ring (bicyclic) bond motifs is 1. The van der Waals surface area contributed by atoms with Gasteiger partial charge < -0.3 is 20.1 Å². The molecule has 12 nitrogen and oxygen atoms in total. The lowest BCUT2D eigenvalue weighted by Gasteiger charge is -2.32. The van der Waals surface area contributed by atoms with Crippen LogP contribution < -0.4 is 10.1 Å². The number of hydrogen-bond donors (Lipinski definition) is 2. The fraction of sp³-hybridized carbons (Fsp3) is 0.259. The molecule has 0 radical (unpaired) electrons. The molecule has 1 aliphatic rings. The summed E-state index contributed by atoms with van der Waals surface area (Å²) in [6, 6.07) is 12.6. The average molecular weight is 548 g/mol. The molecule has 206 valence electrons. The maximum Gasteiger partial charge on any atom is 0.407 e. The minimum atomic E-state index is -0.915. The van der Waals surface area contributed by atoms with E-state index in [-0.39, 0.29) is 18.0 Å². The van der Waals surface area contributed by atoms with Crippen molar-refractivity contribution in [2.45, 2.75) is 6.42 Å². The Kier molecular flexibility index (Phi) is 7.92. The van der Waals surface area contributed by atoms with Gasteiger partial charge in [-0.3, -0.25) is 20.0 Å². The summed E-state index contributed by atoms with van der Waals surface area (Å²) in [5.41, 5.74) is 1.57. The molecule has 2 N–H and O–H groups in total. The Labute approximate surface area is 228 Å². The molecule has 5 rings (SSSR count). The molecule has 0 atom stereocenters. The van der Waals surface area contributed by atoms with Gasteiger partial charge in [-0.05, 0) is 30.7 Å². The monoisotopic (exact) mass is 547 g/mol. The summed E-state index contributed by atoms with van der Waals surface area (Å²) in [5.74, 6) is 0.0398. The van der Waals surface area contributed by atoms with E-state index in [2.05, 4.69) is 25.2 Å². The molecule has 0 bridgehead atoms. The predicted octanol–water partition coefficient (Wildman–Crippen LogP) is 4.55. The molecule has 1 amide bonds. The number of pyridine rings is 1. The fourth-order valence-corrected chi connectivity index (χ4v) is 4.52. The third-order valence-electron chi connectivity index (χ3n) is 6.60. The molecule has 1 fully saturated rings. The molecule has 2 aromatic carbocycles. The number of halogens is 1. The number of nitro groups is 1. The first kappa shape index (κ1) is 26.7. The molecule has 13 heteroatoms. The highest BCUT2D eigenvalue weighted by molar-refractivity contribution is 5.94. The van der Waals surface area contributed by atoms with Crippen LogP contribution in [-0.2, 0) is 0 Å². The second kappa shape index (κ2) is 11.9. The average Bonchev–Trinajstić information content (AvgIpc) is 2.95. The van der Waals surface area contributed by atoms with Crippen molar-refractivity contribution >= 4 is 34.2 Å². The highest BCUT2D eigenvalue weighted by Gasteiger charge is 2.22. The van der Waals surface area contributed by atoms with Crippen LogP contribution in [0.2, 0.25) is 0 Å². The van der Waals surface area contributed by atoms with Gasteiger partial charge in [0.2, 0.25) is 0 Å². The summed E-state index contributed by atoms with van der Waals surface area (Å²) in [6.07, 6.45) is 2.58. The van der Waals surface area contributed by atoms with Gasteiger partial charge in [-0.1, -0.05) is 12.1 Å². The van der Waals surface area contributed by atoms with Crippen LogP contribution in [0.3, 0.4) is 0 Å². The second-order valence-electron chi connectivity index (χ2n) is 9.16. The predicted molar refractivity (Wildman–Crippen MR) is 145 cm³/mol. The Balaban J connectivity index is 1.30. The standard InChI is InChI=1S/C27H26FN7O5/c28-21-5-2-1-4-19(21)22-14-18(6-7-29-22)32-26-20-15-24(35(38)39)25(16-23(20)30-17-31-26)40-13-3-8-33-9-11-34(12-10-33)27(36)37/h1-2,4-7,14-17H,3,8-13H2,(H,36,37)(H,29,30,31,32). The number of carboxylic acid groups (broad SMARTS) is 1. The van der Waals surface area contributed by atoms with E-state index < -0.39 is 16.8 Å². The quantitative estimate of drug-likeness (QED) is 0.174. The van der Waals surface area contributed by atoms with Crippen molar-refractivity contribution in [2.75, 3.05) is 44.6 Å². The van der Waals surface area contributed by atoms with Crippen LogP contribution in [0.15, 0.2) is 61.1 Å². The molecular formula is C27H26FN7O5. The largest absolute Gasteiger partial charge is 0.487 e. The smallest absolute Gasteiger partial charge is 0.407 e. The first-order chi connectivity index (χ1) is 19.4. The van der Waals surface area contributed by atoms with E-state index in [1.165, 1.54) is 35.6 Å². The summed E-state index contributed by atoms with van der Waals surface area (Å²) in [5, 5.41) is 24.5. The summed E-state index contributed by atoms with van der Waals surface area (Å²) < 4.78 is 20.1. The van der Waals surface area contributed by atoms with E-state index in [1.807, 2.05) is 0 Å². The van der Waals surface area contributed by atoms with E-state index in [0.717, 1.165) is 0 Å². The summed E-state index contributed by atoms with van der Waals surface area (Å²) in [6.45, 7) is 3.10. The Morgan fingerprint density at radius 1 is 1.10 bits per heavy atom. The summed E-state index contributed by atoms with van der Waals surface area (Å²) in [7, 11) is 0. The molecule has 0 saturated carbocycles. The molecule has 0 unspecified atom stereocenters. The maximum atomic E-state index is 14.3. The van der Waals surface area contributed by atoms with Gasteiger partial charge >= 0.3 is 11.8 Å². The molecule has 1 aliphatic heterocycles. The number of hydrogen-bond acceptors (Lipinski definition) is 9. The molecule has 40 heavy (non-hydrogen) atoms. The van der Waals surface area contributed by atoms with Crippen LogP contribution >= 0.6 is 0 Å². The first-order valence-electron chi connectivity index (χ1n) is 12.6. The third kappa shape index (κ3) is 6.04. The van der Waals surface area contributed by atoms with E-state index in [1.54, 1.807) is 30.3 Å². The van der Waals surface area contributed by atoms with Crippen LogP contribution in [0.4, 0.5) is 26.4 Å². The van der Waals surface area contributed by atoms with Crippen LogP contribution in [0, 0.1) is 15.9 Å². The number of rotatable bonds is 9. The molecule has 0 aliphatic carbocycles. The van der Waals surface area contributed by atoms with Crippen molar-refractivity contribution in [3.63, 3.8) is 0 Å². The van der Waals surface area contributed by atoms with Crippen molar-refractivity contribution in [3.05, 3.63) is 77.0 Å². The zero-order chi connectivity index (χ0) is 28.1. The van der Waals surface area contributed by atoms with E-state index in [0.29, 0.717) is 72.8 Å². The lowest BCUT2D eigenvalue weighted by molar-refractivity contribution is -0.385. The highest BCUT2D eigenvalue weighted by Crippen LogP contribution is 2.35. The number of anilines is 2. The fourth-order valence-electron chi connectivity index (χ4n) is 4.52. The first-order valence-corrected chi connectivity index (χ1v) is 12.6. The number of benzene rings is 2. The van der Waals surface area contributed by atoms with Crippen molar-refractivity contribution in [3.8, 4) is 17.0 Å². The van der Waals surface area contributed by atoms with Crippen molar-refractivity contribution in [2.24, 2.45) is 0 Å². The minimum absolute atomic E-state index is 0.101. The number of aromatic nitrogens is 3. The van der Waals surface area contributed by atoms with Gasteiger partial charge in [-0.2, -0.15) is 0 Å². The number of amides is 1. The van der Waals surface area contributed by atoms with Crippen LogP contribution in [0.25, 0.3) is 22.2 Å². The SMILES string of the molecule is O=C(O)N1CCN(CCCOc2cc3ncnc(Nc4ccnc(-c5ccccc5F)c4)c3cc2[N+](=O)[O-])CC1. The number of ether oxygens (including phenoxy) is 1. The van der Waals surface area contributed by atoms with Gasteiger partial charge in [0.25, 0.3) is 0 Å². The molecule has 1 saturated heterocycles. The van der Waals surface area contributed by atoms with Gasteiger partial charge in [0.05, 0.1) is 28.1 Å². The summed E-state index contributed by atoms with van der Waals surface area (Å²) >= 11 is 0. The van der Waals surface area contributed by atoms with Crippen LogP contribution in [0.5, 0.6) is 5.75 Å². The lowest BCUT2D eigenvalue weighted by Crippen LogP contribution is -2.48. The number of piperazine rings is 1. The van der Waals surface area contributed by atoms with Gasteiger partial charge in [-0.15, -0.1) is 0 Å². The Hall–Kier alpha value is -4.91. The second-order valence-corrected chi connectivity index (χ2v) is 9.16. The lowest BCUT2D eigenvalue weighted by atomic mass is 10.1. The molecule has 0 spiro atoms. The number of nitro benzene ring substituents is 1. The van der Waals surface area contributed by atoms with Gasteiger partial charge in [0.15, 0.2) is 5.75 Å². The Bertz CT molecular complexity index is 1550. The summed E-state index contributed by atoms with van der Waals surface area (Å²) in [4.78, 5) is 38.7. The highest BCUT2D eigenvalue weighted by atomic mass is 19.1. The van der Waals surface area contributed by atoms with E-state index in [9.17, 15) is 19.3 Å². The molecule has 2 aromatic heterocycles. The van der Waals surface area contributed by atoms with Crippen molar-refractivity contribution in [1.82, 2.24) is 24.8 Å². The van der Waals surface area contributed by atoms with Crippen LogP contribution in [0.1, 0.15) is 6.42 Å². The number of carbonyl (C=O) groups is 1. The van der Waals surface area contributed by atoms with Crippen molar-refractivity contribution < 1.29 is 24.0 Å². The van der Waals surface area contributed by atoms with Gasteiger partial charge in [-0.25, -0.2) is 19.2 Å². The normalized spacial score (nSPS) is 13.8. The Morgan fingerprint density at radius 3 is 2.65 bits per heavy atom. The number of nitrogens with zero attached hydrogens (tertiary/aromatic N) is 6. The third-order valence-corrected chi connectivity index (χ3v) is 6.60. The van der Waals surface area contributed by atoms with Crippen LogP contribution in [-0.4, -0.2) is 80.2 Å². The molecule has 3 heterocycles. The molecular weight excluding hydrogens is 521 g/mol.